The zero-order chi connectivity index (χ0) is 12.4. The third-order valence-corrected chi connectivity index (χ3v) is 3.62. The van der Waals surface area contributed by atoms with Gasteiger partial charge in [-0.3, -0.25) is 0 Å². The zero-order valence-corrected chi connectivity index (χ0v) is 10.4. The minimum Gasteiger partial charge on any atom is -0.486 e. The maximum absolute atomic E-state index is 14.0. The molecule has 4 heteroatoms. The fraction of sp³-hybridized carbons (Fsp3) is 0.571. The molecule has 3 nitrogen and oxygen atoms in total. The van der Waals surface area contributed by atoms with Crippen LogP contribution >= 0.6 is 0 Å². The molecule has 0 aromatic heterocycles. The smallest absolute Gasteiger partial charge is 0.167 e. The Labute approximate surface area is 106 Å². The van der Waals surface area contributed by atoms with Gasteiger partial charge in [0.2, 0.25) is 0 Å². The lowest BCUT2D eigenvalue weighted by molar-refractivity contribution is 0.168. The monoisotopic (exact) mass is 251 g/mol. The number of piperidine rings is 1. The Bertz CT molecular complexity index is 430. The predicted molar refractivity (Wildman–Crippen MR) is 66.7 cm³/mol. The molecule has 1 atom stereocenters. The van der Waals surface area contributed by atoms with Crippen LogP contribution in [0.5, 0.6) is 11.5 Å². The first-order valence-corrected chi connectivity index (χ1v) is 6.65. The van der Waals surface area contributed by atoms with Crippen LogP contribution < -0.4 is 14.8 Å². The van der Waals surface area contributed by atoms with Crippen molar-refractivity contribution in [3.63, 3.8) is 0 Å². The van der Waals surface area contributed by atoms with Gasteiger partial charge in [-0.05, 0) is 37.9 Å². The van der Waals surface area contributed by atoms with Crippen molar-refractivity contribution in [2.45, 2.75) is 31.7 Å². The molecule has 1 aromatic rings. The maximum Gasteiger partial charge on any atom is 0.167 e. The predicted octanol–water partition coefficient (Wildman–Crippen LogP) is 2.28. The summed E-state index contributed by atoms with van der Waals surface area (Å²) in [6.45, 7) is 2.07. The Morgan fingerprint density at radius 2 is 2.11 bits per heavy atom. The molecule has 1 aromatic carbocycles. The van der Waals surface area contributed by atoms with Crippen molar-refractivity contribution in [2.24, 2.45) is 0 Å². The van der Waals surface area contributed by atoms with E-state index in [4.69, 9.17) is 9.47 Å². The van der Waals surface area contributed by atoms with Crippen LogP contribution in [0, 0.1) is 5.82 Å². The molecule has 0 spiro atoms. The molecule has 2 aliphatic rings. The third kappa shape index (κ3) is 2.29. The topological polar surface area (TPSA) is 30.5 Å². The van der Waals surface area contributed by atoms with Gasteiger partial charge in [0, 0.05) is 11.6 Å². The molecule has 1 unspecified atom stereocenters. The van der Waals surface area contributed by atoms with Gasteiger partial charge in [0.25, 0.3) is 0 Å². The highest BCUT2D eigenvalue weighted by atomic mass is 19.1. The Morgan fingerprint density at radius 3 is 2.94 bits per heavy atom. The van der Waals surface area contributed by atoms with Gasteiger partial charge in [0.05, 0.1) is 0 Å². The Balaban J connectivity index is 1.85. The molecule has 0 amide bonds. The molecule has 0 aliphatic carbocycles. The fourth-order valence-corrected chi connectivity index (χ4v) is 2.68. The lowest BCUT2D eigenvalue weighted by Crippen LogP contribution is -2.36. The van der Waals surface area contributed by atoms with Crippen LogP contribution in [0.2, 0.25) is 0 Å². The minimum atomic E-state index is -0.188. The highest BCUT2D eigenvalue weighted by molar-refractivity contribution is 5.48. The van der Waals surface area contributed by atoms with Gasteiger partial charge in [-0.15, -0.1) is 0 Å². The van der Waals surface area contributed by atoms with E-state index in [0.29, 0.717) is 42.7 Å². The van der Waals surface area contributed by atoms with Gasteiger partial charge in [-0.25, -0.2) is 4.39 Å². The molecule has 1 saturated heterocycles. The second-order valence-corrected chi connectivity index (χ2v) is 4.90. The summed E-state index contributed by atoms with van der Waals surface area (Å²) in [4.78, 5) is 0. The third-order valence-electron chi connectivity index (χ3n) is 3.62. The SMILES string of the molecule is Fc1ccc2c(c1CC1CCCCN1)OCCO2. The van der Waals surface area contributed by atoms with Crippen LogP contribution in [0.25, 0.3) is 0 Å². The molecular formula is C14H18FNO2. The Kier molecular flexibility index (Phi) is 3.37. The summed E-state index contributed by atoms with van der Waals surface area (Å²) >= 11 is 0. The van der Waals surface area contributed by atoms with Crippen LogP contribution in [0.15, 0.2) is 12.1 Å². The molecule has 2 aliphatic heterocycles. The van der Waals surface area contributed by atoms with E-state index in [1.165, 1.54) is 18.9 Å². The van der Waals surface area contributed by atoms with Crippen LogP contribution in [0.4, 0.5) is 4.39 Å². The number of benzene rings is 1. The molecule has 1 N–H and O–H groups in total. The van der Waals surface area contributed by atoms with Crippen molar-refractivity contribution in [1.29, 1.82) is 0 Å². The first kappa shape index (κ1) is 11.8. The quantitative estimate of drug-likeness (QED) is 0.874. The zero-order valence-electron chi connectivity index (χ0n) is 10.4. The standard InChI is InChI=1S/C14H18FNO2/c15-12-4-5-13-14(18-8-7-17-13)11(12)9-10-3-1-2-6-16-10/h4-5,10,16H,1-3,6-9H2. The van der Waals surface area contributed by atoms with E-state index in [1.807, 2.05) is 0 Å². The van der Waals surface area contributed by atoms with Crippen LogP contribution in [0.1, 0.15) is 24.8 Å². The molecule has 0 bridgehead atoms. The van der Waals surface area contributed by atoms with Crippen LogP contribution in [0.3, 0.4) is 0 Å². The lowest BCUT2D eigenvalue weighted by atomic mass is 9.96. The number of nitrogens with one attached hydrogen (secondary N) is 1. The summed E-state index contributed by atoms with van der Waals surface area (Å²) in [7, 11) is 0. The summed E-state index contributed by atoms with van der Waals surface area (Å²) in [5.74, 6) is 1.09. The molecule has 98 valence electrons. The van der Waals surface area contributed by atoms with Gasteiger partial charge in [0.15, 0.2) is 11.5 Å². The number of rotatable bonds is 2. The average molecular weight is 251 g/mol. The van der Waals surface area contributed by atoms with E-state index >= 15 is 0 Å². The summed E-state index contributed by atoms with van der Waals surface area (Å²) in [5, 5.41) is 3.44. The average Bonchev–Trinajstić information content (AvgIpc) is 2.43. The van der Waals surface area contributed by atoms with E-state index < -0.39 is 0 Å². The summed E-state index contributed by atoms with van der Waals surface area (Å²) in [6.07, 6.45) is 4.21. The number of halogens is 1. The molecular weight excluding hydrogens is 233 g/mol. The molecule has 0 saturated carbocycles. The minimum absolute atomic E-state index is 0.188. The van der Waals surface area contributed by atoms with Gasteiger partial charge in [-0.1, -0.05) is 6.42 Å². The second kappa shape index (κ2) is 5.14. The largest absolute Gasteiger partial charge is 0.486 e. The molecule has 3 rings (SSSR count). The fourth-order valence-electron chi connectivity index (χ4n) is 2.68. The maximum atomic E-state index is 14.0. The number of fused-ring (bicyclic) bond motifs is 1. The van der Waals surface area contributed by atoms with Gasteiger partial charge < -0.3 is 14.8 Å². The number of hydrogen-bond donors (Lipinski definition) is 1. The molecule has 2 heterocycles. The van der Waals surface area contributed by atoms with Crippen LogP contribution in [-0.4, -0.2) is 25.8 Å². The van der Waals surface area contributed by atoms with E-state index in [2.05, 4.69) is 5.32 Å². The van der Waals surface area contributed by atoms with E-state index in [0.717, 1.165) is 13.0 Å². The number of hydrogen-bond acceptors (Lipinski definition) is 3. The van der Waals surface area contributed by atoms with Gasteiger partial charge >= 0.3 is 0 Å². The lowest BCUT2D eigenvalue weighted by Gasteiger charge is -2.26. The Hall–Kier alpha value is -1.29. The highest BCUT2D eigenvalue weighted by Crippen LogP contribution is 2.36. The van der Waals surface area contributed by atoms with Crippen molar-refractivity contribution in [3.8, 4) is 11.5 Å². The summed E-state index contributed by atoms with van der Waals surface area (Å²) < 4.78 is 25.0. The van der Waals surface area contributed by atoms with Crippen molar-refractivity contribution in [2.75, 3.05) is 19.8 Å². The summed E-state index contributed by atoms with van der Waals surface area (Å²) in [5.41, 5.74) is 0.659. The molecule has 0 radical (unpaired) electrons. The molecule has 1 fully saturated rings. The highest BCUT2D eigenvalue weighted by Gasteiger charge is 2.23. The normalized spacial score (nSPS) is 22.8. The van der Waals surface area contributed by atoms with E-state index in [1.54, 1.807) is 6.07 Å². The first-order chi connectivity index (χ1) is 8.84. The van der Waals surface area contributed by atoms with Crippen molar-refractivity contribution in [3.05, 3.63) is 23.5 Å². The second-order valence-electron chi connectivity index (χ2n) is 4.90. The van der Waals surface area contributed by atoms with Crippen LogP contribution in [-0.2, 0) is 6.42 Å². The Morgan fingerprint density at radius 1 is 1.22 bits per heavy atom. The van der Waals surface area contributed by atoms with E-state index in [9.17, 15) is 4.39 Å². The number of ether oxygens (including phenoxy) is 2. The summed E-state index contributed by atoms with van der Waals surface area (Å²) in [6, 6.07) is 3.48. The van der Waals surface area contributed by atoms with E-state index in [-0.39, 0.29) is 5.82 Å². The first-order valence-electron chi connectivity index (χ1n) is 6.65. The molecule has 18 heavy (non-hydrogen) atoms. The van der Waals surface area contributed by atoms with Crippen molar-refractivity contribution >= 4 is 0 Å². The van der Waals surface area contributed by atoms with Crippen molar-refractivity contribution in [1.82, 2.24) is 5.32 Å². The van der Waals surface area contributed by atoms with Crippen molar-refractivity contribution < 1.29 is 13.9 Å². The van der Waals surface area contributed by atoms with Gasteiger partial charge in [0.1, 0.15) is 19.0 Å². The van der Waals surface area contributed by atoms with Gasteiger partial charge in [-0.2, -0.15) is 0 Å².